The molecule has 0 unspecified atom stereocenters. The molecule has 0 aliphatic carbocycles. The Morgan fingerprint density at radius 3 is 2.40 bits per heavy atom. The van der Waals surface area contributed by atoms with Gasteiger partial charge in [-0.2, -0.15) is 13.2 Å². The molecule has 0 aliphatic heterocycles. The van der Waals surface area contributed by atoms with Gasteiger partial charge in [-0.05, 0) is 17.7 Å². The van der Waals surface area contributed by atoms with E-state index in [1.807, 2.05) is 0 Å². The van der Waals surface area contributed by atoms with Crippen molar-refractivity contribution >= 4 is 43.4 Å². The van der Waals surface area contributed by atoms with Crippen LogP contribution in [0, 0.1) is 13.5 Å². The summed E-state index contributed by atoms with van der Waals surface area (Å²) < 4.78 is 60.5. The van der Waals surface area contributed by atoms with E-state index in [-0.39, 0.29) is 18.6 Å². The second-order valence-electron chi connectivity index (χ2n) is 6.13. The molecule has 0 bridgehead atoms. The highest BCUT2D eigenvalue weighted by molar-refractivity contribution is 7.92. The van der Waals surface area contributed by atoms with Gasteiger partial charge < -0.3 is 4.85 Å². The van der Waals surface area contributed by atoms with Crippen molar-refractivity contribution in [1.29, 1.82) is 0 Å². The van der Waals surface area contributed by atoms with Crippen LogP contribution in [-0.4, -0.2) is 29.7 Å². The Balaban J connectivity index is 1.67. The summed E-state index contributed by atoms with van der Waals surface area (Å²) in [4.78, 5) is 24.0. The SMILES string of the molecule is [C-]#[N+]c1nc(C)c(-c2csc(CC(=O)Cc3ccc(S(=O)(=O)C(F)(F)F)cc3)n2)s1. The van der Waals surface area contributed by atoms with Crippen molar-refractivity contribution in [1.82, 2.24) is 9.97 Å². The quantitative estimate of drug-likeness (QED) is 0.484. The molecule has 156 valence electrons. The first-order chi connectivity index (χ1) is 14.0. The molecule has 0 spiro atoms. The summed E-state index contributed by atoms with van der Waals surface area (Å²) in [6.07, 6.45) is -0.0382. The number of aromatic nitrogens is 2. The molecule has 6 nitrogen and oxygen atoms in total. The van der Waals surface area contributed by atoms with Gasteiger partial charge in [0.2, 0.25) is 0 Å². The monoisotopic (exact) mass is 471 g/mol. The third kappa shape index (κ3) is 4.58. The van der Waals surface area contributed by atoms with E-state index in [4.69, 9.17) is 6.57 Å². The molecule has 3 rings (SSSR count). The summed E-state index contributed by atoms with van der Waals surface area (Å²) >= 11 is 2.50. The van der Waals surface area contributed by atoms with E-state index in [1.54, 1.807) is 12.3 Å². The zero-order valence-electron chi connectivity index (χ0n) is 15.2. The first kappa shape index (κ1) is 22.1. The third-order valence-electron chi connectivity index (χ3n) is 3.95. The van der Waals surface area contributed by atoms with E-state index in [1.165, 1.54) is 34.8 Å². The van der Waals surface area contributed by atoms with Gasteiger partial charge in [-0.1, -0.05) is 18.7 Å². The number of sulfone groups is 1. The van der Waals surface area contributed by atoms with Crippen LogP contribution in [0.25, 0.3) is 15.4 Å². The highest BCUT2D eigenvalue weighted by Crippen LogP contribution is 2.35. The highest BCUT2D eigenvalue weighted by atomic mass is 32.2. The maximum Gasteiger partial charge on any atom is 0.501 e. The summed E-state index contributed by atoms with van der Waals surface area (Å²) in [6.45, 7) is 8.79. The molecule has 1 aromatic carbocycles. The standard InChI is InChI=1S/C18H12F3N3O3S3/c1-10-16(29-17(22-2)23-10)14-9-28-15(24-14)8-12(25)7-11-3-5-13(6-4-11)30(26,27)18(19,20)21/h3-6,9H,7-8H2,1H3. The van der Waals surface area contributed by atoms with Gasteiger partial charge in [-0.25, -0.2) is 13.4 Å². The summed E-state index contributed by atoms with van der Waals surface area (Å²) in [5.74, 6) is -0.217. The zero-order valence-corrected chi connectivity index (χ0v) is 17.7. The smallest absolute Gasteiger partial charge is 0.351 e. The van der Waals surface area contributed by atoms with Gasteiger partial charge in [0.05, 0.1) is 21.9 Å². The highest BCUT2D eigenvalue weighted by Gasteiger charge is 2.46. The predicted octanol–water partition coefficient (Wildman–Crippen LogP) is 4.77. The van der Waals surface area contributed by atoms with Crippen molar-refractivity contribution in [3.63, 3.8) is 0 Å². The van der Waals surface area contributed by atoms with Gasteiger partial charge in [0.15, 0.2) is 0 Å². The minimum atomic E-state index is -5.41. The summed E-state index contributed by atoms with van der Waals surface area (Å²) in [5.41, 5.74) is -3.66. The lowest BCUT2D eigenvalue weighted by molar-refractivity contribution is -0.117. The number of carbonyl (C=O) groups excluding carboxylic acids is 1. The minimum absolute atomic E-state index is 0.0286. The first-order valence-electron chi connectivity index (χ1n) is 8.23. The number of nitrogens with zero attached hydrogens (tertiary/aromatic N) is 3. The fourth-order valence-electron chi connectivity index (χ4n) is 2.54. The van der Waals surface area contributed by atoms with Crippen LogP contribution < -0.4 is 0 Å². The number of thiazole rings is 2. The topological polar surface area (TPSA) is 81.4 Å². The van der Waals surface area contributed by atoms with Gasteiger partial charge in [-0.15, -0.1) is 27.7 Å². The molecule has 2 heterocycles. The molecule has 0 atom stereocenters. The number of aryl methyl sites for hydroxylation is 1. The Morgan fingerprint density at radius 1 is 1.17 bits per heavy atom. The van der Waals surface area contributed by atoms with Gasteiger partial charge in [0, 0.05) is 18.7 Å². The van der Waals surface area contributed by atoms with E-state index in [9.17, 15) is 26.4 Å². The molecule has 0 aliphatic rings. The van der Waals surface area contributed by atoms with Gasteiger partial charge in [0.1, 0.15) is 16.5 Å². The molecule has 12 heteroatoms. The number of benzene rings is 1. The van der Waals surface area contributed by atoms with E-state index >= 15 is 0 Å². The van der Waals surface area contributed by atoms with Crippen molar-refractivity contribution in [2.75, 3.05) is 0 Å². The first-order valence-corrected chi connectivity index (χ1v) is 11.4. The van der Waals surface area contributed by atoms with Crippen LogP contribution in [0.3, 0.4) is 0 Å². The minimum Gasteiger partial charge on any atom is -0.351 e. The van der Waals surface area contributed by atoms with Crippen molar-refractivity contribution in [3.05, 3.63) is 57.3 Å². The van der Waals surface area contributed by atoms with E-state index in [2.05, 4.69) is 14.8 Å². The van der Waals surface area contributed by atoms with Crippen LogP contribution in [0.5, 0.6) is 0 Å². The maximum absolute atomic E-state index is 12.6. The molecule has 3 aromatic rings. The van der Waals surface area contributed by atoms with Crippen molar-refractivity contribution in [2.24, 2.45) is 0 Å². The molecule has 0 saturated heterocycles. The van der Waals surface area contributed by atoms with Crippen LogP contribution in [0.15, 0.2) is 34.5 Å². The average molecular weight is 472 g/mol. The van der Waals surface area contributed by atoms with Crippen LogP contribution in [0.2, 0.25) is 0 Å². The summed E-state index contributed by atoms with van der Waals surface area (Å²) in [6, 6.07) is 4.07. The molecule has 0 radical (unpaired) electrons. The number of Topliss-reactive ketones (excluding diaryl/α,β-unsaturated/α-hetero) is 1. The third-order valence-corrected chi connectivity index (χ3v) is 7.38. The number of ketones is 1. The Bertz CT molecular complexity index is 1240. The molecule has 0 fully saturated rings. The van der Waals surface area contributed by atoms with Gasteiger partial charge >= 0.3 is 10.6 Å². The average Bonchev–Trinajstić information content (AvgIpc) is 3.27. The van der Waals surface area contributed by atoms with Crippen molar-refractivity contribution < 1.29 is 26.4 Å². The van der Waals surface area contributed by atoms with Crippen LogP contribution >= 0.6 is 22.7 Å². The van der Waals surface area contributed by atoms with Crippen LogP contribution in [-0.2, 0) is 27.5 Å². The van der Waals surface area contributed by atoms with Crippen molar-refractivity contribution in [3.8, 4) is 10.6 Å². The number of hydrogen-bond acceptors (Lipinski definition) is 7. The van der Waals surface area contributed by atoms with Gasteiger partial charge in [0.25, 0.3) is 9.84 Å². The largest absolute Gasteiger partial charge is 0.501 e. The number of hydrogen-bond donors (Lipinski definition) is 0. The lowest BCUT2D eigenvalue weighted by atomic mass is 10.1. The molecule has 0 amide bonds. The number of carbonyl (C=O) groups is 1. The number of rotatable bonds is 6. The molecule has 0 saturated carbocycles. The second kappa shape index (κ2) is 8.25. The fourth-order valence-corrected chi connectivity index (χ4v) is 5.01. The molecule has 2 aromatic heterocycles. The Labute approximate surface area is 177 Å². The Morgan fingerprint density at radius 2 is 1.83 bits per heavy atom. The van der Waals surface area contributed by atoms with E-state index < -0.39 is 20.2 Å². The molecular formula is C18H12F3N3O3S3. The predicted molar refractivity (Wildman–Crippen MR) is 106 cm³/mol. The molecular weight excluding hydrogens is 459 g/mol. The fraction of sp³-hybridized carbons (Fsp3) is 0.222. The zero-order chi connectivity index (χ0) is 22.1. The lowest BCUT2D eigenvalue weighted by Gasteiger charge is -2.08. The molecule has 0 N–H and O–H groups in total. The van der Waals surface area contributed by atoms with E-state index in [0.717, 1.165) is 17.0 Å². The molecule has 30 heavy (non-hydrogen) atoms. The maximum atomic E-state index is 12.6. The number of halogens is 3. The normalized spacial score (nSPS) is 12.0. The lowest BCUT2D eigenvalue weighted by Crippen LogP contribution is -2.23. The van der Waals surface area contributed by atoms with Crippen LogP contribution in [0.1, 0.15) is 16.3 Å². The number of alkyl halides is 3. The second-order valence-corrected chi connectivity index (χ2v) is 10.00. The Kier molecular flexibility index (Phi) is 6.07. The van der Waals surface area contributed by atoms with Crippen molar-refractivity contribution in [2.45, 2.75) is 30.2 Å². The summed E-state index contributed by atoms with van der Waals surface area (Å²) in [5, 5.41) is 2.64. The van der Waals surface area contributed by atoms with Gasteiger partial charge in [-0.3, -0.25) is 4.79 Å². The van der Waals surface area contributed by atoms with E-state index in [0.29, 0.717) is 27.1 Å². The Hall–Kier alpha value is -2.62. The summed E-state index contributed by atoms with van der Waals surface area (Å²) in [7, 11) is -5.41. The van der Waals surface area contributed by atoms with Crippen LogP contribution in [0.4, 0.5) is 18.3 Å².